The molecule has 2 heterocycles. The van der Waals surface area contributed by atoms with Crippen molar-refractivity contribution in [1.29, 1.82) is 0 Å². The molecule has 51 heavy (non-hydrogen) atoms. The first-order valence-electron chi connectivity index (χ1n) is 15.5. The van der Waals surface area contributed by atoms with Crippen LogP contribution in [0.15, 0.2) is 48.5 Å². The van der Waals surface area contributed by atoms with Gasteiger partial charge in [0, 0.05) is 0 Å². The number of aliphatic carboxylic acids is 1. The Kier molecular flexibility index (Phi) is 13.6. The Bertz CT molecular complexity index is 1350. The van der Waals surface area contributed by atoms with Crippen LogP contribution in [0.2, 0.25) is 0 Å². The Morgan fingerprint density at radius 1 is 0.588 bits per heavy atom. The average Bonchev–Trinajstić information content (AvgIpc) is 3.11. The van der Waals surface area contributed by atoms with Crippen LogP contribution in [0.4, 0.5) is 0 Å². The second-order valence-electron chi connectivity index (χ2n) is 11.9. The van der Waals surface area contributed by atoms with Crippen molar-refractivity contribution in [2.24, 2.45) is 0 Å². The maximum absolute atomic E-state index is 12.4. The number of benzene rings is 2. The number of ether oxygens (including phenoxy) is 6. The summed E-state index contributed by atoms with van der Waals surface area (Å²) in [5.74, 6) is -3.88. The molecule has 11 atom stereocenters. The Morgan fingerprint density at radius 2 is 0.941 bits per heavy atom. The van der Waals surface area contributed by atoms with Crippen LogP contribution in [0.25, 0.3) is 0 Å². The number of aliphatic hydroxyl groups excluding tert-OH is 8. The van der Waals surface area contributed by atoms with E-state index in [9.17, 15) is 65.4 Å². The monoisotopic (exact) mass is 728 g/mol. The smallest absolute Gasteiger partial charge is 0.336 e. The van der Waals surface area contributed by atoms with Gasteiger partial charge >= 0.3 is 17.9 Å². The van der Waals surface area contributed by atoms with Crippen LogP contribution in [0.3, 0.4) is 0 Å². The van der Waals surface area contributed by atoms with Gasteiger partial charge in [-0.25, -0.2) is 4.79 Å². The van der Waals surface area contributed by atoms with E-state index in [2.05, 4.69) is 0 Å². The van der Waals surface area contributed by atoms with Gasteiger partial charge in [0.25, 0.3) is 0 Å². The standard InChI is InChI=1S/C32H40O19/c33-11-19-23(37)25(39)27(41)29(50-19)48-17-5-1-15(2-6-17)13-46-21(35)9-32(45,31(43)44)10-22(36)47-14-16-3-7-18(8-4-16)49-30-28(42)26(40)24(38)20(12-34)51-30/h1-8,19-20,23-30,33-34,37-42,45H,9-14H2,(H,43,44)/t19-,20+,23-,24+,25-,26-,27+,28+,29-,30+,32?/m1/s1. The molecule has 0 saturated carbocycles. The van der Waals surface area contributed by atoms with Gasteiger partial charge in [0.2, 0.25) is 12.6 Å². The summed E-state index contributed by atoms with van der Waals surface area (Å²) in [6.07, 6.45) is -17.0. The fraction of sp³-hybridized carbons (Fsp3) is 0.531. The first-order valence-corrected chi connectivity index (χ1v) is 15.5. The Morgan fingerprint density at radius 3 is 1.25 bits per heavy atom. The second-order valence-corrected chi connectivity index (χ2v) is 11.9. The number of hydrogen-bond donors (Lipinski definition) is 10. The summed E-state index contributed by atoms with van der Waals surface area (Å²) in [7, 11) is 0. The quantitative estimate of drug-likeness (QED) is 0.0793. The first-order chi connectivity index (χ1) is 24.1. The zero-order valence-electron chi connectivity index (χ0n) is 26.8. The third-order valence-corrected chi connectivity index (χ3v) is 8.12. The highest BCUT2D eigenvalue weighted by Gasteiger charge is 2.46. The van der Waals surface area contributed by atoms with Crippen LogP contribution < -0.4 is 9.47 Å². The molecule has 0 bridgehead atoms. The van der Waals surface area contributed by atoms with Crippen molar-refractivity contribution in [2.75, 3.05) is 13.2 Å². The molecule has 2 fully saturated rings. The van der Waals surface area contributed by atoms with Crippen molar-refractivity contribution < 1.29 is 93.9 Å². The number of carboxylic acids is 1. The minimum atomic E-state index is -2.86. The van der Waals surface area contributed by atoms with E-state index in [1.807, 2.05) is 0 Å². The van der Waals surface area contributed by atoms with E-state index in [0.717, 1.165) is 0 Å². The van der Waals surface area contributed by atoms with Gasteiger partial charge in [0.05, 0.1) is 26.1 Å². The minimum Gasteiger partial charge on any atom is -0.479 e. The topological polar surface area (TPSA) is 309 Å². The number of rotatable bonds is 15. The number of aliphatic hydroxyl groups is 9. The maximum Gasteiger partial charge on any atom is 0.336 e. The van der Waals surface area contributed by atoms with Crippen molar-refractivity contribution in [1.82, 2.24) is 0 Å². The summed E-state index contributed by atoms with van der Waals surface area (Å²) < 4.78 is 31.6. The normalized spacial score (nSPS) is 30.5. The third kappa shape index (κ3) is 10.1. The van der Waals surface area contributed by atoms with Crippen LogP contribution in [-0.2, 0) is 46.5 Å². The third-order valence-electron chi connectivity index (χ3n) is 8.12. The van der Waals surface area contributed by atoms with E-state index in [1.165, 1.54) is 48.5 Å². The van der Waals surface area contributed by atoms with Crippen molar-refractivity contribution in [3.63, 3.8) is 0 Å². The molecule has 0 aliphatic carbocycles. The molecule has 19 nitrogen and oxygen atoms in total. The lowest BCUT2D eigenvalue weighted by Gasteiger charge is -2.39. The zero-order chi connectivity index (χ0) is 37.5. The molecule has 0 radical (unpaired) electrons. The van der Waals surface area contributed by atoms with E-state index in [0.29, 0.717) is 11.1 Å². The largest absolute Gasteiger partial charge is 0.479 e. The Balaban J connectivity index is 1.23. The number of carboxylic acid groups (broad SMARTS) is 1. The molecule has 282 valence electrons. The van der Waals surface area contributed by atoms with Gasteiger partial charge in [0.1, 0.15) is 73.5 Å². The van der Waals surface area contributed by atoms with E-state index in [1.54, 1.807) is 0 Å². The van der Waals surface area contributed by atoms with Crippen LogP contribution in [0, 0.1) is 0 Å². The molecule has 0 aromatic heterocycles. The Labute approximate surface area is 289 Å². The summed E-state index contributed by atoms with van der Waals surface area (Å²) in [4.78, 5) is 36.7. The summed E-state index contributed by atoms with van der Waals surface area (Å²) in [5.41, 5.74) is -2.07. The summed E-state index contributed by atoms with van der Waals surface area (Å²) in [5, 5.41) is 98.5. The number of hydrogen-bond acceptors (Lipinski definition) is 18. The molecule has 10 N–H and O–H groups in total. The fourth-order valence-electron chi connectivity index (χ4n) is 5.05. The van der Waals surface area contributed by atoms with E-state index >= 15 is 0 Å². The maximum atomic E-state index is 12.4. The van der Waals surface area contributed by atoms with Gasteiger partial charge < -0.3 is 79.5 Å². The van der Waals surface area contributed by atoms with Crippen molar-refractivity contribution in [3.05, 3.63) is 59.7 Å². The van der Waals surface area contributed by atoms with Crippen LogP contribution in [0.5, 0.6) is 11.5 Å². The summed E-state index contributed by atoms with van der Waals surface area (Å²) in [6, 6.07) is 11.4. The van der Waals surface area contributed by atoms with E-state index in [-0.39, 0.29) is 24.7 Å². The van der Waals surface area contributed by atoms with E-state index < -0.39 is 111 Å². The number of esters is 2. The second kappa shape index (κ2) is 17.5. The lowest BCUT2D eigenvalue weighted by Crippen LogP contribution is -2.60. The van der Waals surface area contributed by atoms with Crippen molar-refractivity contribution >= 4 is 17.9 Å². The number of carbonyl (C=O) groups excluding carboxylic acids is 2. The van der Waals surface area contributed by atoms with Gasteiger partial charge in [-0.3, -0.25) is 9.59 Å². The predicted molar refractivity (Wildman–Crippen MR) is 163 cm³/mol. The van der Waals surface area contributed by atoms with Gasteiger partial charge in [0.15, 0.2) is 5.60 Å². The molecule has 1 unspecified atom stereocenters. The zero-order valence-corrected chi connectivity index (χ0v) is 26.8. The van der Waals surface area contributed by atoms with Crippen LogP contribution in [0.1, 0.15) is 24.0 Å². The molecule has 2 aliphatic heterocycles. The highest BCUT2D eigenvalue weighted by Crippen LogP contribution is 2.27. The molecule has 0 amide bonds. The summed E-state index contributed by atoms with van der Waals surface area (Å²) >= 11 is 0. The van der Waals surface area contributed by atoms with Gasteiger partial charge in [-0.15, -0.1) is 0 Å². The van der Waals surface area contributed by atoms with Crippen molar-refractivity contribution in [3.8, 4) is 11.5 Å². The van der Waals surface area contributed by atoms with Gasteiger partial charge in [-0.2, -0.15) is 0 Å². The molecule has 4 rings (SSSR count). The molecule has 2 saturated heterocycles. The molecule has 2 aromatic carbocycles. The molecular formula is C32H40O19. The molecule has 19 heteroatoms. The van der Waals surface area contributed by atoms with Crippen LogP contribution in [-0.4, -0.2) is 149 Å². The molecular weight excluding hydrogens is 688 g/mol. The lowest BCUT2D eigenvalue weighted by molar-refractivity contribution is -0.277. The Hall–Kier alpha value is -3.99. The van der Waals surface area contributed by atoms with Crippen LogP contribution >= 0.6 is 0 Å². The lowest BCUT2D eigenvalue weighted by atomic mass is 9.96. The minimum absolute atomic E-state index is 0.144. The van der Waals surface area contributed by atoms with E-state index in [4.69, 9.17) is 28.4 Å². The molecule has 2 aliphatic rings. The number of carbonyl (C=O) groups is 3. The highest BCUT2D eigenvalue weighted by atomic mass is 16.7. The first kappa shape index (κ1) is 39.8. The predicted octanol–water partition coefficient (Wildman–Crippen LogP) is -3.57. The van der Waals surface area contributed by atoms with Gasteiger partial charge in [-0.05, 0) is 35.4 Å². The molecule has 0 spiro atoms. The SMILES string of the molecule is O=C(CC(O)(CC(=O)OCc1ccc(O[C@@H]2O[C@H](CO)[C@@H](O)[C@@H](O)[C@@H]2O)cc1)C(=O)O)OCc1ccc(O[C@H]2O[C@@H](CO)[C@H](O)[C@@H](O)[C@@H]2O)cc1. The fourth-order valence-corrected chi connectivity index (χ4v) is 5.05. The highest BCUT2D eigenvalue weighted by molar-refractivity contribution is 5.89. The van der Waals surface area contributed by atoms with Gasteiger partial charge in [-0.1, -0.05) is 24.3 Å². The molecule has 2 aromatic rings. The average molecular weight is 729 g/mol. The summed E-state index contributed by atoms with van der Waals surface area (Å²) in [6.45, 7) is -2.01. The van der Waals surface area contributed by atoms with Crippen molar-refractivity contribution in [2.45, 2.75) is 93.1 Å².